The van der Waals surface area contributed by atoms with Crippen LogP contribution in [-0.2, 0) is 42.1 Å². The van der Waals surface area contributed by atoms with E-state index in [-0.39, 0.29) is 25.4 Å². The Bertz CT molecular complexity index is 935. The van der Waals surface area contributed by atoms with E-state index in [4.69, 9.17) is 9.47 Å². The molecular formula is C22H28N2O6S. The van der Waals surface area contributed by atoms with Crippen LogP contribution in [0.5, 0.6) is 0 Å². The van der Waals surface area contributed by atoms with E-state index < -0.39 is 34.0 Å². The smallest absolute Gasteiger partial charge is 0.328 e. The van der Waals surface area contributed by atoms with Gasteiger partial charge in [-0.05, 0) is 18.1 Å². The third kappa shape index (κ3) is 8.49. The first kappa shape index (κ1) is 24.5. The van der Waals surface area contributed by atoms with E-state index >= 15 is 0 Å². The van der Waals surface area contributed by atoms with Crippen LogP contribution in [0.2, 0.25) is 0 Å². The van der Waals surface area contributed by atoms with Gasteiger partial charge in [0, 0.05) is 6.42 Å². The average Bonchev–Trinajstić information content (AvgIpc) is 2.78. The fourth-order valence-corrected chi connectivity index (χ4v) is 3.57. The summed E-state index contributed by atoms with van der Waals surface area (Å²) in [5.74, 6) is -1.49. The Hall–Kier alpha value is -2.75. The van der Waals surface area contributed by atoms with Gasteiger partial charge < -0.3 is 14.8 Å². The van der Waals surface area contributed by atoms with Gasteiger partial charge in [0.05, 0.1) is 26.1 Å². The number of rotatable bonds is 12. The molecule has 0 bridgehead atoms. The van der Waals surface area contributed by atoms with Crippen LogP contribution in [0.3, 0.4) is 0 Å². The quantitative estimate of drug-likeness (QED) is 0.475. The molecule has 9 heteroatoms. The number of carbonyl (C=O) groups is 2. The first-order valence-corrected chi connectivity index (χ1v) is 11.5. The molecule has 0 aliphatic rings. The fraction of sp³-hybridized carbons (Fsp3) is 0.364. The fourth-order valence-electron chi connectivity index (χ4n) is 2.79. The molecule has 2 aromatic rings. The third-order valence-corrected chi connectivity index (χ3v) is 5.90. The standard InChI is InChI=1S/C22H28N2O6S/c1-3-31(27,28)24-20(16-30-15-18-12-8-5-9-13-18)21(25)23-19(22(26)29-2)14-17-10-6-4-7-11-17/h4-13,19-20,24H,3,14-16H2,1-2H3,(H,23,25)/t19-,20+/m0/s1. The number of amides is 1. The van der Waals surface area contributed by atoms with Crippen molar-refractivity contribution < 1.29 is 27.5 Å². The summed E-state index contributed by atoms with van der Waals surface area (Å²) in [6.45, 7) is 1.48. The number of hydrogen-bond acceptors (Lipinski definition) is 6. The Labute approximate surface area is 183 Å². The van der Waals surface area contributed by atoms with Crippen LogP contribution in [0.4, 0.5) is 0 Å². The van der Waals surface area contributed by atoms with Gasteiger partial charge in [0.1, 0.15) is 12.1 Å². The number of esters is 1. The molecule has 0 radical (unpaired) electrons. The largest absolute Gasteiger partial charge is 0.467 e. The maximum absolute atomic E-state index is 12.9. The third-order valence-electron chi connectivity index (χ3n) is 4.50. The number of nitrogens with one attached hydrogen (secondary N) is 2. The first-order chi connectivity index (χ1) is 14.8. The lowest BCUT2D eigenvalue weighted by Crippen LogP contribution is -2.54. The van der Waals surface area contributed by atoms with Gasteiger partial charge in [-0.25, -0.2) is 17.9 Å². The second-order valence-electron chi connectivity index (χ2n) is 6.85. The van der Waals surface area contributed by atoms with Crippen molar-refractivity contribution in [3.63, 3.8) is 0 Å². The molecule has 0 saturated carbocycles. The Balaban J connectivity index is 2.09. The summed E-state index contributed by atoms with van der Waals surface area (Å²) in [4.78, 5) is 25.1. The van der Waals surface area contributed by atoms with Gasteiger partial charge in [0.25, 0.3) is 0 Å². The molecule has 31 heavy (non-hydrogen) atoms. The number of ether oxygens (including phenoxy) is 2. The number of carbonyl (C=O) groups excluding carboxylic acids is 2. The van der Waals surface area contributed by atoms with E-state index in [0.29, 0.717) is 0 Å². The van der Waals surface area contributed by atoms with Crippen molar-refractivity contribution >= 4 is 21.9 Å². The zero-order valence-electron chi connectivity index (χ0n) is 17.6. The zero-order valence-corrected chi connectivity index (χ0v) is 18.4. The van der Waals surface area contributed by atoms with Gasteiger partial charge in [-0.2, -0.15) is 0 Å². The summed E-state index contributed by atoms with van der Waals surface area (Å²) in [6.07, 6.45) is 0.206. The number of hydrogen-bond donors (Lipinski definition) is 2. The van der Waals surface area contributed by atoms with Crippen molar-refractivity contribution in [2.24, 2.45) is 0 Å². The molecule has 0 aliphatic heterocycles. The van der Waals surface area contributed by atoms with E-state index in [2.05, 4.69) is 10.0 Å². The summed E-state index contributed by atoms with van der Waals surface area (Å²) in [5, 5.41) is 2.59. The van der Waals surface area contributed by atoms with Crippen LogP contribution in [0.15, 0.2) is 60.7 Å². The van der Waals surface area contributed by atoms with E-state index in [1.165, 1.54) is 14.0 Å². The SMILES string of the molecule is CCS(=O)(=O)N[C@H](COCc1ccccc1)C(=O)N[C@@H](Cc1ccccc1)C(=O)OC. The molecule has 0 unspecified atom stereocenters. The zero-order chi connectivity index (χ0) is 22.7. The predicted molar refractivity (Wildman–Crippen MR) is 117 cm³/mol. The van der Waals surface area contributed by atoms with Crippen molar-refractivity contribution in [3.05, 3.63) is 71.8 Å². The lowest BCUT2D eigenvalue weighted by molar-refractivity contribution is -0.145. The molecule has 0 saturated heterocycles. The van der Waals surface area contributed by atoms with Gasteiger partial charge >= 0.3 is 5.97 Å². The normalized spacial score (nSPS) is 13.2. The maximum atomic E-state index is 12.9. The minimum Gasteiger partial charge on any atom is -0.467 e. The second-order valence-corrected chi connectivity index (χ2v) is 8.89. The van der Waals surface area contributed by atoms with Crippen molar-refractivity contribution in [2.45, 2.75) is 32.0 Å². The summed E-state index contributed by atoms with van der Waals surface area (Å²) in [5.41, 5.74) is 1.71. The number of benzene rings is 2. The van der Waals surface area contributed by atoms with E-state index in [9.17, 15) is 18.0 Å². The van der Waals surface area contributed by atoms with Crippen molar-refractivity contribution in [2.75, 3.05) is 19.5 Å². The molecule has 0 fully saturated rings. The van der Waals surface area contributed by atoms with Crippen molar-refractivity contribution in [1.82, 2.24) is 10.0 Å². The Morgan fingerprint density at radius 3 is 2.06 bits per heavy atom. The van der Waals surface area contributed by atoms with E-state index in [0.717, 1.165) is 11.1 Å². The molecular weight excluding hydrogens is 420 g/mol. The summed E-state index contributed by atoms with van der Waals surface area (Å²) < 4.78 is 36.9. The number of methoxy groups -OCH3 is 1. The Kier molecular flexibility index (Phi) is 9.64. The summed E-state index contributed by atoms with van der Waals surface area (Å²) >= 11 is 0. The van der Waals surface area contributed by atoms with E-state index in [1.54, 1.807) is 0 Å². The van der Waals surface area contributed by atoms with Crippen molar-refractivity contribution in [1.29, 1.82) is 0 Å². The molecule has 2 N–H and O–H groups in total. The monoisotopic (exact) mass is 448 g/mol. The van der Waals surface area contributed by atoms with Crippen LogP contribution in [-0.4, -0.2) is 51.8 Å². The van der Waals surface area contributed by atoms with E-state index in [1.807, 2.05) is 60.7 Å². The molecule has 8 nitrogen and oxygen atoms in total. The minimum atomic E-state index is -3.69. The first-order valence-electron chi connectivity index (χ1n) is 9.88. The van der Waals surface area contributed by atoms with Crippen LogP contribution in [0, 0.1) is 0 Å². The highest BCUT2D eigenvalue weighted by molar-refractivity contribution is 7.89. The highest BCUT2D eigenvalue weighted by Crippen LogP contribution is 2.06. The van der Waals surface area contributed by atoms with Crippen molar-refractivity contribution in [3.8, 4) is 0 Å². The van der Waals surface area contributed by atoms with Crippen LogP contribution in [0.1, 0.15) is 18.1 Å². The molecule has 2 aromatic carbocycles. The van der Waals surface area contributed by atoms with Crippen LogP contribution < -0.4 is 10.0 Å². The summed E-state index contributed by atoms with van der Waals surface area (Å²) in [7, 11) is -2.46. The second kappa shape index (κ2) is 12.2. The van der Waals surface area contributed by atoms with Crippen LogP contribution in [0.25, 0.3) is 0 Å². The highest BCUT2D eigenvalue weighted by Gasteiger charge is 2.29. The van der Waals surface area contributed by atoms with Crippen LogP contribution >= 0.6 is 0 Å². The Morgan fingerprint density at radius 1 is 0.935 bits per heavy atom. The molecule has 1 amide bonds. The highest BCUT2D eigenvalue weighted by atomic mass is 32.2. The lowest BCUT2D eigenvalue weighted by atomic mass is 10.1. The van der Waals surface area contributed by atoms with Gasteiger partial charge in [-0.15, -0.1) is 0 Å². The molecule has 0 aromatic heterocycles. The minimum absolute atomic E-state index is 0.195. The predicted octanol–water partition coefficient (Wildman–Crippen LogP) is 1.41. The maximum Gasteiger partial charge on any atom is 0.328 e. The molecule has 0 spiro atoms. The lowest BCUT2D eigenvalue weighted by Gasteiger charge is -2.22. The van der Waals surface area contributed by atoms with Gasteiger partial charge in [-0.1, -0.05) is 60.7 Å². The molecule has 0 aliphatic carbocycles. The van der Waals surface area contributed by atoms with Gasteiger partial charge in [0.2, 0.25) is 15.9 Å². The summed E-state index contributed by atoms with van der Waals surface area (Å²) in [6, 6.07) is 16.3. The molecule has 2 rings (SSSR count). The topological polar surface area (TPSA) is 111 Å². The Morgan fingerprint density at radius 2 is 1.52 bits per heavy atom. The number of sulfonamides is 1. The molecule has 168 valence electrons. The van der Waals surface area contributed by atoms with Gasteiger partial charge in [-0.3, -0.25) is 4.79 Å². The molecule has 0 heterocycles. The molecule has 2 atom stereocenters. The average molecular weight is 449 g/mol. The van der Waals surface area contributed by atoms with Gasteiger partial charge in [0.15, 0.2) is 0 Å².